The fraction of sp³-hybridized carbons (Fsp3) is 0.375. The van der Waals surface area contributed by atoms with Crippen LogP contribution in [0.3, 0.4) is 0 Å². The Labute approximate surface area is 70.1 Å². The van der Waals surface area contributed by atoms with Crippen LogP contribution in [-0.2, 0) is 6.54 Å². The Morgan fingerprint density at radius 1 is 1.67 bits per heavy atom. The second-order valence-electron chi connectivity index (χ2n) is 2.72. The quantitative estimate of drug-likeness (QED) is 0.557. The van der Waals surface area contributed by atoms with Gasteiger partial charge in [0.15, 0.2) is 5.69 Å². The zero-order chi connectivity index (χ0) is 8.55. The second kappa shape index (κ2) is 2.45. The summed E-state index contributed by atoms with van der Waals surface area (Å²) >= 11 is 0. The molecule has 4 heteroatoms. The molecule has 0 spiro atoms. The Balaban J connectivity index is 2.55. The average Bonchev–Trinajstić information content (AvgIpc) is 2.49. The molecular formula is C8H8N4. The molecule has 0 amide bonds. The topological polar surface area (TPSA) is 54.0 Å². The van der Waals surface area contributed by atoms with Gasteiger partial charge in [-0.1, -0.05) is 0 Å². The molecular weight excluding hydrogens is 152 g/mol. The molecule has 1 aromatic rings. The van der Waals surface area contributed by atoms with E-state index < -0.39 is 0 Å². The average molecular weight is 160 g/mol. The summed E-state index contributed by atoms with van der Waals surface area (Å²) in [5.74, 6) is 0. The predicted molar refractivity (Wildman–Crippen MR) is 44.0 cm³/mol. The van der Waals surface area contributed by atoms with Crippen LogP contribution in [-0.4, -0.2) is 22.0 Å². The van der Waals surface area contributed by atoms with Crippen LogP contribution in [0.15, 0.2) is 11.1 Å². The molecule has 4 nitrogen and oxygen atoms in total. The minimum atomic E-state index is 0.474. The minimum Gasteiger partial charge on any atom is -0.286 e. The fourth-order valence-corrected chi connectivity index (χ4v) is 1.33. The van der Waals surface area contributed by atoms with Crippen LogP contribution in [0, 0.1) is 11.3 Å². The molecule has 0 saturated carbocycles. The van der Waals surface area contributed by atoms with Gasteiger partial charge in [0.2, 0.25) is 0 Å². The summed E-state index contributed by atoms with van der Waals surface area (Å²) in [7, 11) is 0. The number of hydrogen-bond donors (Lipinski definition) is 0. The van der Waals surface area contributed by atoms with Gasteiger partial charge in [0.05, 0.1) is 24.5 Å². The predicted octanol–water partition coefficient (Wildman–Crippen LogP) is 0.577. The van der Waals surface area contributed by atoms with Crippen molar-refractivity contribution < 1.29 is 0 Å². The summed E-state index contributed by atoms with van der Waals surface area (Å²) < 4.78 is 1.83. The van der Waals surface area contributed by atoms with E-state index >= 15 is 0 Å². The molecule has 2 heterocycles. The molecule has 1 aromatic heterocycles. The lowest BCUT2D eigenvalue weighted by Crippen LogP contribution is -2.16. The molecule has 0 unspecified atom stereocenters. The van der Waals surface area contributed by atoms with Crippen LogP contribution in [0.2, 0.25) is 0 Å². The molecule has 0 atom stereocenters. The van der Waals surface area contributed by atoms with Gasteiger partial charge in [0.25, 0.3) is 0 Å². The van der Waals surface area contributed by atoms with Crippen LogP contribution in [0.25, 0.3) is 0 Å². The maximum absolute atomic E-state index is 8.61. The third kappa shape index (κ3) is 0.909. The zero-order valence-electron chi connectivity index (χ0n) is 6.78. The normalized spacial score (nSPS) is 14.8. The molecule has 0 bridgehead atoms. The highest BCUT2D eigenvalue weighted by Crippen LogP contribution is 2.09. The Kier molecular flexibility index (Phi) is 1.44. The summed E-state index contributed by atoms with van der Waals surface area (Å²) in [4.78, 5) is 4.27. The van der Waals surface area contributed by atoms with Crippen molar-refractivity contribution in [3.63, 3.8) is 0 Å². The van der Waals surface area contributed by atoms with E-state index in [-0.39, 0.29) is 0 Å². The van der Waals surface area contributed by atoms with Crippen LogP contribution < -0.4 is 0 Å². The van der Waals surface area contributed by atoms with Gasteiger partial charge >= 0.3 is 0 Å². The van der Waals surface area contributed by atoms with Crippen molar-refractivity contribution >= 4 is 5.71 Å². The molecule has 2 rings (SSSR count). The second-order valence-corrected chi connectivity index (χ2v) is 2.72. The first-order chi connectivity index (χ1) is 5.81. The lowest BCUT2D eigenvalue weighted by molar-refractivity contribution is 0.605. The minimum absolute atomic E-state index is 0.474. The lowest BCUT2D eigenvalue weighted by atomic mass is 10.2. The summed E-state index contributed by atoms with van der Waals surface area (Å²) in [6.45, 7) is 3.49. The van der Waals surface area contributed by atoms with Gasteiger partial charge in [-0.25, -0.2) is 0 Å². The lowest BCUT2D eigenvalue weighted by Gasteiger charge is -2.10. The monoisotopic (exact) mass is 160 g/mol. The highest BCUT2D eigenvalue weighted by atomic mass is 15.3. The van der Waals surface area contributed by atoms with Crippen molar-refractivity contribution in [2.75, 3.05) is 6.54 Å². The molecule has 12 heavy (non-hydrogen) atoms. The third-order valence-electron chi connectivity index (χ3n) is 1.93. The van der Waals surface area contributed by atoms with Crippen LogP contribution in [0.1, 0.15) is 18.3 Å². The van der Waals surface area contributed by atoms with Gasteiger partial charge in [-0.05, 0) is 6.92 Å². The number of aliphatic imine (C=N–C) groups is 1. The van der Waals surface area contributed by atoms with E-state index in [1.807, 2.05) is 17.7 Å². The Morgan fingerprint density at radius 2 is 2.50 bits per heavy atom. The van der Waals surface area contributed by atoms with Gasteiger partial charge in [-0.3, -0.25) is 9.67 Å². The highest BCUT2D eigenvalue weighted by molar-refractivity contribution is 5.97. The summed E-state index contributed by atoms with van der Waals surface area (Å²) in [5.41, 5.74) is 2.41. The van der Waals surface area contributed by atoms with Crippen LogP contribution in [0.4, 0.5) is 0 Å². The Hall–Kier alpha value is -1.63. The van der Waals surface area contributed by atoms with E-state index in [4.69, 9.17) is 5.26 Å². The third-order valence-corrected chi connectivity index (χ3v) is 1.93. The van der Waals surface area contributed by atoms with Crippen molar-refractivity contribution in [1.29, 1.82) is 5.26 Å². The van der Waals surface area contributed by atoms with Gasteiger partial charge < -0.3 is 0 Å². The van der Waals surface area contributed by atoms with Gasteiger partial charge in [0, 0.05) is 6.07 Å². The molecule has 0 aliphatic carbocycles. The number of rotatable bonds is 0. The first kappa shape index (κ1) is 7.04. The highest BCUT2D eigenvalue weighted by Gasteiger charge is 2.12. The van der Waals surface area contributed by atoms with E-state index in [0.29, 0.717) is 5.69 Å². The number of hydrogen-bond acceptors (Lipinski definition) is 3. The maximum Gasteiger partial charge on any atom is 0.163 e. The van der Waals surface area contributed by atoms with E-state index in [0.717, 1.165) is 24.5 Å². The smallest absolute Gasteiger partial charge is 0.163 e. The largest absolute Gasteiger partial charge is 0.286 e. The molecule has 0 fully saturated rings. The summed E-state index contributed by atoms with van der Waals surface area (Å²) in [6.07, 6.45) is 0. The number of nitriles is 1. The van der Waals surface area contributed by atoms with Gasteiger partial charge in [-0.2, -0.15) is 10.4 Å². The van der Waals surface area contributed by atoms with Crippen molar-refractivity contribution in [2.24, 2.45) is 4.99 Å². The first-order valence-corrected chi connectivity index (χ1v) is 3.80. The Morgan fingerprint density at radius 3 is 3.17 bits per heavy atom. The molecule has 0 radical (unpaired) electrons. The SMILES string of the molecule is CC1=NCCn2nc(C#N)cc21. The van der Waals surface area contributed by atoms with Crippen LogP contribution in [0.5, 0.6) is 0 Å². The molecule has 0 N–H and O–H groups in total. The van der Waals surface area contributed by atoms with Crippen molar-refractivity contribution in [3.05, 3.63) is 17.5 Å². The van der Waals surface area contributed by atoms with Crippen LogP contribution >= 0.6 is 0 Å². The van der Waals surface area contributed by atoms with E-state index in [2.05, 4.69) is 10.1 Å². The molecule has 0 saturated heterocycles. The summed E-state index contributed by atoms with van der Waals surface area (Å²) in [5, 5.41) is 12.7. The molecule has 60 valence electrons. The first-order valence-electron chi connectivity index (χ1n) is 3.80. The standard InChI is InChI=1S/C8H8N4/c1-6-8-4-7(5-9)11-12(8)3-2-10-6/h4H,2-3H2,1H3. The van der Waals surface area contributed by atoms with E-state index in [1.54, 1.807) is 6.07 Å². The number of fused-ring (bicyclic) bond motifs is 1. The Bertz CT molecular complexity index is 380. The number of aromatic nitrogens is 2. The van der Waals surface area contributed by atoms with Gasteiger partial charge in [-0.15, -0.1) is 0 Å². The molecule has 1 aliphatic rings. The van der Waals surface area contributed by atoms with E-state index in [9.17, 15) is 0 Å². The number of nitrogens with zero attached hydrogens (tertiary/aromatic N) is 4. The van der Waals surface area contributed by atoms with Crippen molar-refractivity contribution in [3.8, 4) is 6.07 Å². The summed E-state index contributed by atoms with van der Waals surface area (Å²) in [6, 6.07) is 3.79. The van der Waals surface area contributed by atoms with Crippen molar-refractivity contribution in [1.82, 2.24) is 9.78 Å². The van der Waals surface area contributed by atoms with Crippen molar-refractivity contribution in [2.45, 2.75) is 13.5 Å². The fourth-order valence-electron chi connectivity index (χ4n) is 1.33. The molecule has 0 aromatic carbocycles. The molecule has 1 aliphatic heterocycles. The van der Waals surface area contributed by atoms with E-state index in [1.165, 1.54) is 0 Å². The maximum atomic E-state index is 8.61. The zero-order valence-corrected chi connectivity index (χ0v) is 6.78. The van der Waals surface area contributed by atoms with Gasteiger partial charge in [0.1, 0.15) is 6.07 Å².